The summed E-state index contributed by atoms with van der Waals surface area (Å²) < 4.78 is 0. The molecule has 1 aromatic heterocycles. The lowest BCUT2D eigenvalue weighted by molar-refractivity contribution is -0.147. The number of amides is 2. The van der Waals surface area contributed by atoms with Crippen molar-refractivity contribution in [3.8, 4) is 0 Å². The number of H-pyrrole nitrogens is 1. The van der Waals surface area contributed by atoms with Crippen LogP contribution in [0.4, 0.5) is 0 Å². The SMILES string of the molecule is O=C1N[C@@H](Cc2cc3ccccc3[nH]2)C(=O)N2CCC[C@H]12. The van der Waals surface area contributed by atoms with E-state index in [0.29, 0.717) is 13.0 Å². The summed E-state index contributed by atoms with van der Waals surface area (Å²) in [5.74, 6) is 0.0453. The van der Waals surface area contributed by atoms with Gasteiger partial charge in [0, 0.05) is 24.2 Å². The molecule has 2 fully saturated rings. The predicted octanol–water partition coefficient (Wildman–Crippen LogP) is 1.20. The Balaban J connectivity index is 1.58. The van der Waals surface area contributed by atoms with Crippen LogP contribution in [0.15, 0.2) is 30.3 Å². The van der Waals surface area contributed by atoms with Gasteiger partial charge in [-0.3, -0.25) is 9.59 Å². The van der Waals surface area contributed by atoms with Crippen molar-refractivity contribution >= 4 is 22.7 Å². The molecule has 108 valence electrons. The van der Waals surface area contributed by atoms with Gasteiger partial charge in [0.2, 0.25) is 11.8 Å². The molecule has 2 saturated heterocycles. The average Bonchev–Trinajstić information content (AvgIpc) is 3.10. The maximum atomic E-state index is 12.5. The number of hydrogen-bond acceptors (Lipinski definition) is 2. The fourth-order valence-corrected chi connectivity index (χ4v) is 3.43. The lowest BCUT2D eigenvalue weighted by Gasteiger charge is -2.34. The van der Waals surface area contributed by atoms with Crippen molar-refractivity contribution in [1.29, 1.82) is 0 Å². The van der Waals surface area contributed by atoms with Crippen LogP contribution >= 0.6 is 0 Å². The van der Waals surface area contributed by atoms with Crippen molar-refractivity contribution in [1.82, 2.24) is 15.2 Å². The minimum atomic E-state index is -0.445. The summed E-state index contributed by atoms with van der Waals surface area (Å²) in [4.78, 5) is 29.6. The Kier molecular flexibility index (Phi) is 2.74. The Bertz CT molecular complexity index is 688. The summed E-state index contributed by atoms with van der Waals surface area (Å²) in [6, 6.07) is 9.37. The van der Waals surface area contributed by atoms with Crippen LogP contribution in [0.3, 0.4) is 0 Å². The molecule has 2 amide bonds. The zero-order chi connectivity index (χ0) is 14.4. The molecule has 5 nitrogen and oxygen atoms in total. The van der Waals surface area contributed by atoms with Crippen molar-refractivity contribution in [2.75, 3.05) is 6.54 Å². The van der Waals surface area contributed by atoms with Crippen molar-refractivity contribution < 1.29 is 9.59 Å². The first-order valence-corrected chi connectivity index (χ1v) is 7.40. The summed E-state index contributed by atoms with van der Waals surface area (Å²) >= 11 is 0. The lowest BCUT2D eigenvalue weighted by atomic mass is 10.0. The van der Waals surface area contributed by atoms with Crippen LogP contribution in [0.1, 0.15) is 18.5 Å². The largest absolute Gasteiger partial charge is 0.358 e. The van der Waals surface area contributed by atoms with Crippen LogP contribution in [0.25, 0.3) is 10.9 Å². The summed E-state index contributed by atoms with van der Waals surface area (Å²) in [7, 11) is 0. The Morgan fingerprint density at radius 2 is 2.10 bits per heavy atom. The topological polar surface area (TPSA) is 65.2 Å². The normalized spacial score (nSPS) is 25.2. The van der Waals surface area contributed by atoms with Gasteiger partial charge in [-0.05, 0) is 30.4 Å². The van der Waals surface area contributed by atoms with E-state index in [0.717, 1.165) is 29.4 Å². The van der Waals surface area contributed by atoms with E-state index in [1.807, 2.05) is 30.3 Å². The van der Waals surface area contributed by atoms with Gasteiger partial charge in [-0.25, -0.2) is 0 Å². The Morgan fingerprint density at radius 3 is 2.95 bits per heavy atom. The van der Waals surface area contributed by atoms with Crippen LogP contribution < -0.4 is 5.32 Å². The second-order valence-electron chi connectivity index (χ2n) is 5.84. The van der Waals surface area contributed by atoms with Crippen LogP contribution in [-0.4, -0.2) is 40.3 Å². The quantitative estimate of drug-likeness (QED) is 0.870. The fraction of sp³-hybridized carbons (Fsp3) is 0.375. The van der Waals surface area contributed by atoms with Crippen molar-refractivity contribution in [3.05, 3.63) is 36.0 Å². The number of aromatic amines is 1. The van der Waals surface area contributed by atoms with Gasteiger partial charge in [-0.2, -0.15) is 0 Å². The molecule has 0 spiro atoms. The van der Waals surface area contributed by atoms with Gasteiger partial charge in [-0.1, -0.05) is 18.2 Å². The second kappa shape index (κ2) is 4.62. The molecule has 2 N–H and O–H groups in total. The van der Waals surface area contributed by atoms with Crippen molar-refractivity contribution in [2.45, 2.75) is 31.3 Å². The van der Waals surface area contributed by atoms with Crippen LogP contribution in [0.5, 0.6) is 0 Å². The maximum Gasteiger partial charge on any atom is 0.246 e. The number of carbonyl (C=O) groups is 2. The number of rotatable bonds is 2. The number of para-hydroxylation sites is 1. The zero-order valence-corrected chi connectivity index (χ0v) is 11.6. The highest BCUT2D eigenvalue weighted by Crippen LogP contribution is 2.24. The molecule has 4 rings (SSSR count). The first kappa shape index (κ1) is 12.4. The highest BCUT2D eigenvalue weighted by molar-refractivity contribution is 5.97. The summed E-state index contributed by atoms with van der Waals surface area (Å²) in [5, 5.41) is 4.01. The minimum absolute atomic E-state index is 0.00629. The number of hydrogen-bond donors (Lipinski definition) is 2. The monoisotopic (exact) mass is 283 g/mol. The third-order valence-electron chi connectivity index (χ3n) is 4.46. The van der Waals surface area contributed by atoms with E-state index in [1.54, 1.807) is 4.90 Å². The highest BCUT2D eigenvalue weighted by atomic mass is 16.2. The molecule has 2 aliphatic heterocycles. The lowest BCUT2D eigenvalue weighted by Crippen LogP contribution is -2.61. The average molecular weight is 283 g/mol. The van der Waals surface area contributed by atoms with E-state index in [4.69, 9.17) is 0 Å². The molecular weight excluding hydrogens is 266 g/mol. The van der Waals surface area contributed by atoms with E-state index in [-0.39, 0.29) is 17.9 Å². The maximum absolute atomic E-state index is 12.5. The third-order valence-corrected chi connectivity index (χ3v) is 4.46. The molecule has 0 aliphatic carbocycles. The van der Waals surface area contributed by atoms with Gasteiger partial charge >= 0.3 is 0 Å². The molecule has 3 heterocycles. The Hall–Kier alpha value is -2.30. The van der Waals surface area contributed by atoms with Crippen LogP contribution in [0, 0.1) is 0 Å². The van der Waals surface area contributed by atoms with Gasteiger partial charge < -0.3 is 15.2 Å². The molecule has 2 atom stereocenters. The van der Waals surface area contributed by atoms with Crippen molar-refractivity contribution in [3.63, 3.8) is 0 Å². The highest BCUT2D eigenvalue weighted by Gasteiger charge is 2.42. The molecule has 21 heavy (non-hydrogen) atoms. The molecule has 1 aromatic carbocycles. The first-order chi connectivity index (χ1) is 10.2. The van der Waals surface area contributed by atoms with Gasteiger partial charge in [0.05, 0.1) is 0 Å². The molecule has 0 radical (unpaired) electrons. The van der Waals surface area contributed by atoms with E-state index in [1.165, 1.54) is 0 Å². The molecule has 0 saturated carbocycles. The molecule has 5 heteroatoms. The number of fused-ring (bicyclic) bond motifs is 2. The molecule has 2 aliphatic rings. The number of nitrogens with zero attached hydrogens (tertiary/aromatic N) is 1. The molecule has 0 unspecified atom stereocenters. The summed E-state index contributed by atoms with van der Waals surface area (Å²) in [6.07, 6.45) is 2.22. The molecule has 0 bridgehead atoms. The number of carbonyl (C=O) groups excluding carboxylic acids is 2. The fourth-order valence-electron chi connectivity index (χ4n) is 3.43. The van der Waals surface area contributed by atoms with Gasteiger partial charge in [0.1, 0.15) is 12.1 Å². The van der Waals surface area contributed by atoms with Gasteiger partial charge in [0.25, 0.3) is 0 Å². The van der Waals surface area contributed by atoms with Crippen molar-refractivity contribution in [2.24, 2.45) is 0 Å². The van der Waals surface area contributed by atoms with E-state index in [9.17, 15) is 9.59 Å². The minimum Gasteiger partial charge on any atom is -0.358 e. The van der Waals surface area contributed by atoms with Gasteiger partial charge in [-0.15, -0.1) is 0 Å². The standard InChI is InChI=1S/C16H17N3O2/c20-15-14-6-3-7-19(14)16(21)13(18-15)9-11-8-10-4-1-2-5-12(10)17-11/h1-2,4-5,8,13-14,17H,3,6-7,9H2,(H,18,20)/t13-,14+/m0/s1. The van der Waals surface area contributed by atoms with Gasteiger partial charge in [0.15, 0.2) is 0 Å². The van der Waals surface area contributed by atoms with Crippen LogP contribution in [-0.2, 0) is 16.0 Å². The Morgan fingerprint density at radius 1 is 1.24 bits per heavy atom. The zero-order valence-electron chi connectivity index (χ0n) is 11.6. The number of benzene rings is 1. The Labute approximate surface area is 122 Å². The summed E-state index contributed by atoms with van der Waals surface area (Å²) in [5.41, 5.74) is 2.04. The smallest absolute Gasteiger partial charge is 0.246 e. The van der Waals surface area contributed by atoms with E-state index in [2.05, 4.69) is 10.3 Å². The number of piperazine rings is 1. The summed E-state index contributed by atoms with van der Waals surface area (Å²) in [6.45, 7) is 0.708. The molecular formula is C16H17N3O2. The first-order valence-electron chi connectivity index (χ1n) is 7.40. The molecule has 2 aromatic rings. The number of aromatic nitrogens is 1. The number of nitrogens with one attached hydrogen (secondary N) is 2. The predicted molar refractivity (Wildman–Crippen MR) is 78.7 cm³/mol. The van der Waals surface area contributed by atoms with E-state index >= 15 is 0 Å². The van der Waals surface area contributed by atoms with Crippen LogP contribution in [0.2, 0.25) is 0 Å². The second-order valence-corrected chi connectivity index (χ2v) is 5.84. The van der Waals surface area contributed by atoms with E-state index < -0.39 is 6.04 Å². The third kappa shape index (κ3) is 2.00.